The predicted molar refractivity (Wildman–Crippen MR) is 173 cm³/mol. The fourth-order valence-corrected chi connectivity index (χ4v) is 7.96. The highest BCUT2D eigenvalue weighted by Crippen LogP contribution is 2.56. The third-order valence-electron chi connectivity index (χ3n) is 10.1. The number of nitrogens with zero attached hydrogens (tertiary/aromatic N) is 1. The first kappa shape index (κ1) is 23.1. The smallest absolute Gasteiger partial charge is 0.0582 e. The molecule has 0 saturated heterocycles. The van der Waals surface area contributed by atoms with E-state index in [2.05, 4.69) is 148 Å². The van der Waals surface area contributed by atoms with E-state index in [1.54, 1.807) is 0 Å². The van der Waals surface area contributed by atoms with Crippen molar-refractivity contribution in [3.05, 3.63) is 138 Å². The number of hydrogen-bond acceptors (Lipinski definition) is 0. The fraction of sp³-hybridized carbons (Fsp3) is 0.150. The molecule has 2 aliphatic rings. The Kier molecular flexibility index (Phi) is 4.26. The summed E-state index contributed by atoms with van der Waals surface area (Å²) in [4.78, 5) is 0. The van der Waals surface area contributed by atoms with E-state index in [9.17, 15) is 0 Å². The lowest BCUT2D eigenvalue weighted by Crippen LogP contribution is -2.33. The van der Waals surface area contributed by atoms with Crippen LogP contribution in [0.1, 0.15) is 49.9 Å². The van der Waals surface area contributed by atoms with E-state index in [-0.39, 0.29) is 10.8 Å². The van der Waals surface area contributed by atoms with E-state index < -0.39 is 0 Å². The second-order valence-electron chi connectivity index (χ2n) is 13.0. The molecule has 1 nitrogen and oxygen atoms in total. The van der Waals surface area contributed by atoms with Gasteiger partial charge in [-0.25, -0.2) is 0 Å². The lowest BCUT2D eigenvalue weighted by Gasteiger charge is -2.42. The van der Waals surface area contributed by atoms with Crippen LogP contribution in [-0.4, -0.2) is 4.57 Å². The first-order chi connectivity index (χ1) is 19.9. The molecule has 0 N–H and O–H groups in total. The minimum Gasteiger partial charge on any atom is -0.308 e. The standard InChI is InChI=1S/C40H31N/c1-39(2)32-18-11-19-33-38(32)41-36-30(20-26(22-34(36)39)24-12-6-5-7-13-24)31-21-27(23-35(37(31)41)40(33,3)4)29-17-10-15-25-14-8-9-16-28(25)29/h5-23H,1-4H3. The molecule has 0 amide bonds. The van der Waals surface area contributed by atoms with Crippen LogP contribution in [0.4, 0.5) is 0 Å². The molecular formula is C40H31N. The van der Waals surface area contributed by atoms with Gasteiger partial charge in [-0.05, 0) is 79.5 Å². The zero-order valence-corrected chi connectivity index (χ0v) is 23.9. The monoisotopic (exact) mass is 525 g/mol. The van der Waals surface area contributed by atoms with Crippen molar-refractivity contribution >= 4 is 32.6 Å². The van der Waals surface area contributed by atoms with Crippen LogP contribution < -0.4 is 0 Å². The Labute approximate surface area is 240 Å². The van der Waals surface area contributed by atoms with Gasteiger partial charge in [-0.3, -0.25) is 0 Å². The molecular weight excluding hydrogens is 494 g/mol. The topological polar surface area (TPSA) is 4.93 Å². The van der Waals surface area contributed by atoms with Gasteiger partial charge in [0.1, 0.15) is 0 Å². The van der Waals surface area contributed by atoms with Crippen LogP contribution in [0.25, 0.3) is 60.5 Å². The molecule has 0 fully saturated rings. The van der Waals surface area contributed by atoms with Gasteiger partial charge in [0.15, 0.2) is 0 Å². The maximum absolute atomic E-state index is 2.62. The Morgan fingerprint density at radius 3 is 1.71 bits per heavy atom. The fourth-order valence-electron chi connectivity index (χ4n) is 7.96. The van der Waals surface area contributed by atoms with E-state index >= 15 is 0 Å². The molecule has 3 heterocycles. The van der Waals surface area contributed by atoms with Crippen LogP contribution in [0, 0.1) is 0 Å². The number of para-hydroxylation sites is 1. The quantitative estimate of drug-likeness (QED) is 0.212. The van der Waals surface area contributed by atoms with Crippen molar-refractivity contribution in [3.63, 3.8) is 0 Å². The van der Waals surface area contributed by atoms with Gasteiger partial charge in [-0.1, -0.05) is 119 Å². The van der Waals surface area contributed by atoms with Crippen LogP contribution in [0.15, 0.2) is 115 Å². The molecule has 0 unspecified atom stereocenters. The Morgan fingerprint density at radius 1 is 0.439 bits per heavy atom. The third-order valence-corrected chi connectivity index (χ3v) is 10.1. The first-order valence-electron chi connectivity index (χ1n) is 14.7. The van der Waals surface area contributed by atoms with Gasteiger partial charge < -0.3 is 4.57 Å². The summed E-state index contributed by atoms with van der Waals surface area (Å²) < 4.78 is 2.62. The molecule has 0 aliphatic carbocycles. The SMILES string of the molecule is CC1(C)c2cccc3c2-n2c4c1cc(-c1ccccc1)cc4c1cc(-c4cccc5ccccc45)cc(c12)C3(C)C. The molecule has 1 aromatic heterocycles. The summed E-state index contributed by atoms with van der Waals surface area (Å²) in [6.07, 6.45) is 0. The predicted octanol–water partition coefficient (Wildman–Crippen LogP) is 10.5. The summed E-state index contributed by atoms with van der Waals surface area (Å²) in [6.45, 7) is 9.67. The molecule has 0 radical (unpaired) electrons. The number of fused-ring (bicyclic) bond motifs is 2. The van der Waals surface area contributed by atoms with Crippen LogP contribution >= 0.6 is 0 Å². The lowest BCUT2D eigenvalue weighted by atomic mass is 9.68. The molecule has 41 heavy (non-hydrogen) atoms. The van der Waals surface area contributed by atoms with Crippen molar-refractivity contribution in [2.45, 2.75) is 38.5 Å². The zero-order chi connectivity index (χ0) is 27.7. The van der Waals surface area contributed by atoms with Gasteiger partial charge in [0.25, 0.3) is 0 Å². The van der Waals surface area contributed by atoms with E-state index in [0.29, 0.717) is 0 Å². The molecule has 0 spiro atoms. The van der Waals surface area contributed by atoms with Gasteiger partial charge in [0, 0.05) is 21.6 Å². The number of hydrogen-bond donors (Lipinski definition) is 0. The van der Waals surface area contributed by atoms with Crippen LogP contribution in [0.5, 0.6) is 0 Å². The minimum atomic E-state index is -0.135. The second-order valence-corrected chi connectivity index (χ2v) is 13.0. The third kappa shape index (κ3) is 2.81. The molecule has 0 bridgehead atoms. The normalized spacial score (nSPS) is 15.7. The Bertz CT molecular complexity index is 2240. The van der Waals surface area contributed by atoms with E-state index in [1.807, 2.05) is 0 Å². The molecule has 7 aromatic rings. The lowest BCUT2D eigenvalue weighted by molar-refractivity contribution is 0.594. The molecule has 0 atom stereocenters. The van der Waals surface area contributed by atoms with Crippen LogP contribution in [-0.2, 0) is 10.8 Å². The summed E-state index contributed by atoms with van der Waals surface area (Å²) in [7, 11) is 0. The van der Waals surface area contributed by atoms with Gasteiger partial charge >= 0.3 is 0 Å². The number of benzene rings is 6. The van der Waals surface area contributed by atoms with E-state index in [1.165, 1.54) is 82.8 Å². The second kappa shape index (κ2) is 7.56. The highest BCUT2D eigenvalue weighted by molar-refractivity contribution is 6.16. The number of aromatic nitrogens is 1. The maximum Gasteiger partial charge on any atom is 0.0582 e. The van der Waals surface area contributed by atoms with Crippen molar-refractivity contribution in [3.8, 4) is 27.9 Å². The molecule has 1 heteroatoms. The zero-order valence-electron chi connectivity index (χ0n) is 23.9. The minimum absolute atomic E-state index is 0.120. The average Bonchev–Trinajstić information content (AvgIpc) is 3.33. The van der Waals surface area contributed by atoms with Crippen molar-refractivity contribution in [2.75, 3.05) is 0 Å². The Hall–Kier alpha value is -4.62. The van der Waals surface area contributed by atoms with Crippen molar-refractivity contribution in [1.82, 2.24) is 4.57 Å². The van der Waals surface area contributed by atoms with Gasteiger partial charge in [0.2, 0.25) is 0 Å². The highest BCUT2D eigenvalue weighted by Gasteiger charge is 2.43. The summed E-state index contributed by atoms with van der Waals surface area (Å²) >= 11 is 0. The van der Waals surface area contributed by atoms with Crippen LogP contribution in [0.3, 0.4) is 0 Å². The largest absolute Gasteiger partial charge is 0.308 e. The van der Waals surface area contributed by atoms with E-state index in [0.717, 1.165) is 0 Å². The Balaban J connectivity index is 1.51. The molecule has 6 aromatic carbocycles. The average molecular weight is 526 g/mol. The maximum atomic E-state index is 2.62. The highest BCUT2D eigenvalue weighted by atomic mass is 15.0. The van der Waals surface area contributed by atoms with Crippen LogP contribution in [0.2, 0.25) is 0 Å². The summed E-state index contributed by atoms with van der Waals surface area (Å²) in [5.74, 6) is 0. The van der Waals surface area contributed by atoms with E-state index in [4.69, 9.17) is 0 Å². The molecule has 0 saturated carbocycles. The van der Waals surface area contributed by atoms with Crippen molar-refractivity contribution in [1.29, 1.82) is 0 Å². The van der Waals surface area contributed by atoms with Gasteiger partial charge in [0.05, 0.1) is 16.7 Å². The summed E-state index contributed by atoms with van der Waals surface area (Å²) in [6, 6.07) is 43.2. The van der Waals surface area contributed by atoms with Gasteiger partial charge in [-0.15, -0.1) is 0 Å². The Morgan fingerprint density at radius 2 is 1.00 bits per heavy atom. The van der Waals surface area contributed by atoms with Gasteiger partial charge in [-0.2, -0.15) is 0 Å². The molecule has 9 rings (SSSR count). The summed E-state index contributed by atoms with van der Waals surface area (Å²) in [5.41, 5.74) is 14.7. The number of rotatable bonds is 2. The first-order valence-corrected chi connectivity index (χ1v) is 14.7. The molecule has 196 valence electrons. The van der Waals surface area contributed by atoms with Crippen molar-refractivity contribution < 1.29 is 0 Å². The van der Waals surface area contributed by atoms with Crippen molar-refractivity contribution in [2.24, 2.45) is 0 Å². The molecule has 2 aliphatic heterocycles. The summed E-state index contributed by atoms with van der Waals surface area (Å²) in [5, 5.41) is 5.29.